The molecule has 21 heavy (non-hydrogen) atoms. The maximum absolute atomic E-state index is 12.6. The van der Waals surface area contributed by atoms with Crippen LogP contribution in [0.25, 0.3) is 0 Å². The summed E-state index contributed by atoms with van der Waals surface area (Å²) < 4.78 is 0. The van der Waals surface area contributed by atoms with Gasteiger partial charge in [-0.25, -0.2) is 0 Å². The van der Waals surface area contributed by atoms with Gasteiger partial charge in [-0.1, -0.05) is 18.8 Å². The second kappa shape index (κ2) is 9.43. The molecule has 1 atom stereocenters. The minimum Gasteiger partial charge on any atom is -0.395 e. The van der Waals surface area contributed by atoms with Crippen molar-refractivity contribution in [2.45, 2.75) is 25.8 Å². The number of aliphatic hydroxyl groups excluding tert-OH is 1. The van der Waals surface area contributed by atoms with Gasteiger partial charge in [0.25, 0.3) is 5.91 Å². The SMILES string of the molecule is CCC(CSC)N(C)C(=O)c1ccncc1C#CCCO. The molecule has 1 N–H and O–H groups in total. The highest BCUT2D eigenvalue weighted by Crippen LogP contribution is 2.14. The van der Waals surface area contributed by atoms with Crippen molar-refractivity contribution in [2.75, 3.05) is 25.7 Å². The van der Waals surface area contributed by atoms with Gasteiger partial charge in [0.05, 0.1) is 17.7 Å². The van der Waals surface area contributed by atoms with E-state index in [1.807, 2.05) is 13.3 Å². The number of aromatic nitrogens is 1. The minimum atomic E-state index is -0.0356. The van der Waals surface area contributed by atoms with Gasteiger partial charge in [0.2, 0.25) is 0 Å². The summed E-state index contributed by atoms with van der Waals surface area (Å²) >= 11 is 1.73. The highest BCUT2D eigenvalue weighted by molar-refractivity contribution is 7.98. The number of hydrogen-bond acceptors (Lipinski definition) is 4. The number of nitrogens with zero attached hydrogens (tertiary/aromatic N) is 2. The Hall–Kier alpha value is -1.51. The van der Waals surface area contributed by atoms with Crippen LogP contribution in [0.5, 0.6) is 0 Å². The fourth-order valence-electron chi connectivity index (χ4n) is 1.95. The summed E-state index contributed by atoms with van der Waals surface area (Å²) in [6.45, 7) is 2.10. The lowest BCUT2D eigenvalue weighted by Crippen LogP contribution is -2.38. The molecule has 0 spiro atoms. The first kappa shape index (κ1) is 17.5. The van der Waals surface area contributed by atoms with Crippen LogP contribution in [0, 0.1) is 11.8 Å². The number of carbonyl (C=O) groups is 1. The number of pyridine rings is 1. The van der Waals surface area contributed by atoms with E-state index in [0.717, 1.165) is 12.2 Å². The van der Waals surface area contributed by atoms with E-state index in [9.17, 15) is 4.79 Å². The van der Waals surface area contributed by atoms with Gasteiger partial charge in [-0.05, 0) is 18.7 Å². The molecule has 1 aromatic rings. The zero-order chi connectivity index (χ0) is 15.7. The van der Waals surface area contributed by atoms with Crippen molar-refractivity contribution < 1.29 is 9.90 Å². The van der Waals surface area contributed by atoms with E-state index in [1.165, 1.54) is 0 Å². The summed E-state index contributed by atoms with van der Waals surface area (Å²) in [7, 11) is 1.83. The summed E-state index contributed by atoms with van der Waals surface area (Å²) in [5, 5.41) is 8.78. The van der Waals surface area contributed by atoms with Gasteiger partial charge in [0.15, 0.2) is 0 Å². The van der Waals surface area contributed by atoms with Crippen molar-refractivity contribution in [3.05, 3.63) is 29.6 Å². The lowest BCUT2D eigenvalue weighted by Gasteiger charge is -2.27. The van der Waals surface area contributed by atoms with E-state index in [-0.39, 0.29) is 18.6 Å². The molecule has 1 heterocycles. The topological polar surface area (TPSA) is 53.4 Å². The van der Waals surface area contributed by atoms with Gasteiger partial charge >= 0.3 is 0 Å². The van der Waals surface area contributed by atoms with Gasteiger partial charge in [0, 0.05) is 37.7 Å². The molecule has 0 saturated carbocycles. The lowest BCUT2D eigenvalue weighted by molar-refractivity contribution is 0.0743. The number of aliphatic hydroxyl groups is 1. The third-order valence-electron chi connectivity index (χ3n) is 3.21. The predicted molar refractivity (Wildman–Crippen MR) is 87.4 cm³/mol. The van der Waals surface area contributed by atoms with Gasteiger partial charge in [0.1, 0.15) is 0 Å². The molecule has 0 aliphatic rings. The molecular formula is C16H22N2O2S. The van der Waals surface area contributed by atoms with E-state index >= 15 is 0 Å². The summed E-state index contributed by atoms with van der Waals surface area (Å²) in [5.74, 6) is 6.63. The second-order valence-electron chi connectivity index (χ2n) is 4.63. The standard InChI is InChI=1S/C16H22N2O2S/c1-4-14(12-21-3)18(2)16(20)15-8-9-17-11-13(15)7-5-6-10-19/h8-9,11,14,19H,4,6,10,12H2,1-3H3. The summed E-state index contributed by atoms with van der Waals surface area (Å²) in [6, 6.07) is 1.91. The molecule has 1 aromatic heterocycles. The van der Waals surface area contributed by atoms with Crippen LogP contribution in [0.4, 0.5) is 0 Å². The van der Waals surface area contributed by atoms with Crippen molar-refractivity contribution in [3.63, 3.8) is 0 Å². The zero-order valence-corrected chi connectivity index (χ0v) is 13.6. The smallest absolute Gasteiger partial charge is 0.255 e. The largest absolute Gasteiger partial charge is 0.395 e. The van der Waals surface area contributed by atoms with Crippen LogP contribution in [0.15, 0.2) is 18.5 Å². The zero-order valence-electron chi connectivity index (χ0n) is 12.8. The molecule has 1 unspecified atom stereocenters. The number of thioether (sulfide) groups is 1. The van der Waals surface area contributed by atoms with E-state index < -0.39 is 0 Å². The number of hydrogen-bond donors (Lipinski definition) is 1. The Morgan fingerprint density at radius 3 is 2.95 bits per heavy atom. The molecule has 0 aliphatic heterocycles. The van der Waals surface area contributed by atoms with Crippen molar-refractivity contribution in [1.82, 2.24) is 9.88 Å². The fraction of sp³-hybridized carbons (Fsp3) is 0.500. The van der Waals surface area contributed by atoms with E-state index in [4.69, 9.17) is 5.11 Å². The molecule has 4 nitrogen and oxygen atoms in total. The number of carbonyl (C=O) groups excluding carboxylic acids is 1. The first-order valence-corrected chi connectivity index (χ1v) is 8.34. The summed E-state index contributed by atoms with van der Waals surface area (Å²) in [5.41, 5.74) is 1.18. The van der Waals surface area contributed by atoms with Crippen molar-refractivity contribution >= 4 is 17.7 Å². The maximum Gasteiger partial charge on any atom is 0.255 e. The second-order valence-corrected chi connectivity index (χ2v) is 5.54. The highest BCUT2D eigenvalue weighted by Gasteiger charge is 2.21. The Balaban J connectivity index is 2.99. The quantitative estimate of drug-likeness (QED) is 0.817. The molecule has 1 rings (SSSR count). The molecule has 5 heteroatoms. The Labute approximate surface area is 131 Å². The maximum atomic E-state index is 12.6. The van der Waals surface area contributed by atoms with Crippen molar-refractivity contribution in [1.29, 1.82) is 0 Å². The monoisotopic (exact) mass is 306 g/mol. The average Bonchev–Trinajstić information content (AvgIpc) is 2.52. The van der Waals surface area contributed by atoms with Gasteiger partial charge < -0.3 is 10.0 Å². The normalized spacial score (nSPS) is 11.4. The van der Waals surface area contributed by atoms with Crippen LogP contribution in [-0.4, -0.2) is 52.6 Å². The average molecular weight is 306 g/mol. The summed E-state index contributed by atoms with van der Waals surface area (Å²) in [6.07, 6.45) is 6.55. The van der Waals surface area contributed by atoms with Crippen LogP contribution >= 0.6 is 11.8 Å². The van der Waals surface area contributed by atoms with E-state index in [0.29, 0.717) is 17.5 Å². The van der Waals surface area contributed by atoms with Gasteiger partial charge in [-0.2, -0.15) is 11.8 Å². The fourth-order valence-corrected chi connectivity index (χ4v) is 2.79. The molecule has 0 saturated heterocycles. The van der Waals surface area contributed by atoms with Crippen LogP contribution in [0.1, 0.15) is 35.7 Å². The van der Waals surface area contributed by atoms with Gasteiger partial charge in [-0.15, -0.1) is 0 Å². The first-order valence-electron chi connectivity index (χ1n) is 6.95. The minimum absolute atomic E-state index is 0.0159. The predicted octanol–water partition coefficient (Wildman–Crippen LogP) is 2.03. The molecule has 114 valence electrons. The van der Waals surface area contributed by atoms with Crippen LogP contribution in [-0.2, 0) is 0 Å². The third kappa shape index (κ3) is 5.07. The number of amides is 1. The summed E-state index contributed by atoms with van der Waals surface area (Å²) in [4.78, 5) is 18.5. The number of rotatable bonds is 6. The van der Waals surface area contributed by atoms with Crippen LogP contribution < -0.4 is 0 Å². The van der Waals surface area contributed by atoms with Gasteiger partial charge in [-0.3, -0.25) is 9.78 Å². The first-order chi connectivity index (χ1) is 10.2. The van der Waals surface area contributed by atoms with E-state index in [1.54, 1.807) is 35.1 Å². The van der Waals surface area contributed by atoms with E-state index in [2.05, 4.69) is 23.7 Å². The van der Waals surface area contributed by atoms with Crippen LogP contribution in [0.3, 0.4) is 0 Å². The molecule has 0 fully saturated rings. The Bertz CT molecular complexity index is 522. The highest BCUT2D eigenvalue weighted by atomic mass is 32.2. The molecule has 0 bridgehead atoms. The van der Waals surface area contributed by atoms with Crippen molar-refractivity contribution in [2.24, 2.45) is 0 Å². The molecular weight excluding hydrogens is 284 g/mol. The molecule has 0 aliphatic carbocycles. The van der Waals surface area contributed by atoms with Crippen molar-refractivity contribution in [3.8, 4) is 11.8 Å². The molecule has 0 aromatic carbocycles. The third-order valence-corrected chi connectivity index (χ3v) is 3.93. The van der Waals surface area contributed by atoms with Crippen LogP contribution in [0.2, 0.25) is 0 Å². The molecule has 0 radical (unpaired) electrons. The Morgan fingerprint density at radius 1 is 1.57 bits per heavy atom. The Kier molecular flexibility index (Phi) is 7.88. The molecule has 1 amide bonds. The Morgan fingerprint density at radius 2 is 2.33 bits per heavy atom. The lowest BCUT2D eigenvalue weighted by atomic mass is 10.1.